The van der Waals surface area contributed by atoms with E-state index in [9.17, 15) is 18.0 Å². The fourth-order valence-electron chi connectivity index (χ4n) is 3.68. The topological polar surface area (TPSA) is 66.0 Å². The summed E-state index contributed by atoms with van der Waals surface area (Å²) < 4.78 is 38.9. The number of hydrogen-bond acceptors (Lipinski definition) is 3. The molecular weight excluding hydrogens is 405 g/mol. The monoisotopic (exact) mass is 432 g/mol. The van der Waals surface area contributed by atoms with Gasteiger partial charge in [0.2, 0.25) is 0 Å². The van der Waals surface area contributed by atoms with Crippen molar-refractivity contribution in [2.75, 3.05) is 20.1 Å². The Balaban J connectivity index is 1.67. The highest BCUT2D eigenvalue weighted by Crippen LogP contribution is 2.40. The van der Waals surface area contributed by atoms with Gasteiger partial charge in [0, 0.05) is 48.5 Å². The van der Waals surface area contributed by atoms with E-state index in [1.54, 1.807) is 19.3 Å². The Morgan fingerprint density at radius 2 is 2.03 bits per heavy atom. The summed E-state index contributed by atoms with van der Waals surface area (Å²) in [4.78, 5) is 15.7. The molecule has 0 aliphatic heterocycles. The third-order valence-corrected chi connectivity index (χ3v) is 5.48. The second-order valence-electron chi connectivity index (χ2n) is 7.61. The molecular formula is C23H27F3N4O. The highest BCUT2D eigenvalue weighted by Gasteiger charge is 2.39. The van der Waals surface area contributed by atoms with Crippen molar-refractivity contribution in [2.45, 2.75) is 31.9 Å². The van der Waals surface area contributed by atoms with Gasteiger partial charge in [-0.05, 0) is 37.3 Å². The first-order valence-electron chi connectivity index (χ1n) is 10.3. The first kappa shape index (κ1) is 22.7. The van der Waals surface area contributed by atoms with E-state index in [1.165, 1.54) is 0 Å². The van der Waals surface area contributed by atoms with E-state index in [0.717, 1.165) is 39.7 Å². The molecule has 0 bridgehead atoms. The number of amides is 2. The SMILES string of the molecule is C=C(NCCCNC(=O)NC)c1cnc2c(C3=CCC(C(F)(F)F)CC3)cccc2c1. The molecule has 0 fully saturated rings. The second-order valence-corrected chi connectivity index (χ2v) is 7.61. The molecule has 1 aliphatic rings. The van der Waals surface area contributed by atoms with Crippen LogP contribution in [0.5, 0.6) is 0 Å². The number of carbonyl (C=O) groups is 1. The van der Waals surface area contributed by atoms with Gasteiger partial charge in [-0.3, -0.25) is 4.98 Å². The van der Waals surface area contributed by atoms with Gasteiger partial charge in [-0.2, -0.15) is 13.2 Å². The molecule has 1 aliphatic carbocycles. The summed E-state index contributed by atoms with van der Waals surface area (Å²) in [7, 11) is 1.57. The van der Waals surface area contributed by atoms with Crippen LogP contribution in [0.25, 0.3) is 22.2 Å². The number of urea groups is 1. The van der Waals surface area contributed by atoms with E-state index < -0.39 is 12.1 Å². The maximum absolute atomic E-state index is 13.0. The Morgan fingerprint density at radius 1 is 1.26 bits per heavy atom. The van der Waals surface area contributed by atoms with Gasteiger partial charge in [0.1, 0.15) is 0 Å². The van der Waals surface area contributed by atoms with Crippen LogP contribution in [-0.4, -0.2) is 37.3 Å². The molecule has 5 nitrogen and oxygen atoms in total. The lowest BCUT2D eigenvalue weighted by atomic mass is 9.85. The molecule has 0 saturated carbocycles. The number of halogens is 3. The van der Waals surface area contributed by atoms with E-state index in [0.29, 0.717) is 19.5 Å². The molecule has 166 valence electrons. The Kier molecular flexibility index (Phi) is 7.20. The number of nitrogens with one attached hydrogen (secondary N) is 3. The zero-order valence-corrected chi connectivity index (χ0v) is 17.5. The van der Waals surface area contributed by atoms with Crippen molar-refractivity contribution in [1.82, 2.24) is 20.9 Å². The van der Waals surface area contributed by atoms with E-state index in [-0.39, 0.29) is 18.9 Å². The average molecular weight is 432 g/mol. The summed E-state index contributed by atoms with van der Waals surface area (Å²) in [5.74, 6) is -1.26. The predicted molar refractivity (Wildman–Crippen MR) is 117 cm³/mol. The highest BCUT2D eigenvalue weighted by atomic mass is 19.4. The summed E-state index contributed by atoms with van der Waals surface area (Å²) in [5.41, 5.74) is 4.17. The average Bonchev–Trinajstić information content (AvgIpc) is 2.77. The van der Waals surface area contributed by atoms with E-state index in [2.05, 4.69) is 27.5 Å². The molecule has 31 heavy (non-hydrogen) atoms. The largest absolute Gasteiger partial charge is 0.392 e. The summed E-state index contributed by atoms with van der Waals surface area (Å²) in [6.45, 7) is 5.25. The van der Waals surface area contributed by atoms with Crippen molar-refractivity contribution in [1.29, 1.82) is 0 Å². The van der Waals surface area contributed by atoms with Gasteiger partial charge in [0.15, 0.2) is 0 Å². The van der Waals surface area contributed by atoms with Crippen LogP contribution in [0.1, 0.15) is 36.8 Å². The lowest BCUT2D eigenvalue weighted by Crippen LogP contribution is -2.34. The fourth-order valence-corrected chi connectivity index (χ4v) is 3.68. The molecule has 1 aromatic heterocycles. The van der Waals surface area contributed by atoms with Gasteiger partial charge in [0.25, 0.3) is 0 Å². The Morgan fingerprint density at radius 3 is 2.71 bits per heavy atom. The van der Waals surface area contributed by atoms with Crippen LogP contribution in [0.15, 0.2) is 43.1 Å². The highest BCUT2D eigenvalue weighted by molar-refractivity contribution is 5.92. The summed E-state index contributed by atoms with van der Waals surface area (Å²) >= 11 is 0. The number of hydrogen-bond donors (Lipinski definition) is 3. The van der Waals surface area contributed by atoms with Crippen LogP contribution >= 0.6 is 0 Å². The number of benzene rings is 1. The third kappa shape index (κ3) is 5.77. The number of nitrogens with zero attached hydrogens (tertiary/aromatic N) is 1. The fraction of sp³-hybridized carbons (Fsp3) is 0.391. The number of para-hydroxylation sites is 1. The molecule has 0 saturated heterocycles. The van der Waals surface area contributed by atoms with Crippen molar-refractivity contribution in [3.05, 3.63) is 54.2 Å². The maximum atomic E-state index is 13.0. The van der Waals surface area contributed by atoms with Crippen LogP contribution in [-0.2, 0) is 0 Å². The molecule has 1 heterocycles. The molecule has 0 spiro atoms. The van der Waals surface area contributed by atoms with E-state index in [4.69, 9.17) is 0 Å². The van der Waals surface area contributed by atoms with Gasteiger partial charge >= 0.3 is 12.2 Å². The molecule has 0 radical (unpaired) electrons. The molecule has 1 unspecified atom stereocenters. The van der Waals surface area contributed by atoms with Crippen LogP contribution in [0.3, 0.4) is 0 Å². The summed E-state index contributed by atoms with van der Waals surface area (Å²) in [6, 6.07) is 7.53. The molecule has 1 atom stereocenters. The van der Waals surface area contributed by atoms with Gasteiger partial charge in [0.05, 0.1) is 11.4 Å². The van der Waals surface area contributed by atoms with Crippen molar-refractivity contribution in [2.24, 2.45) is 5.92 Å². The predicted octanol–water partition coefficient (Wildman–Crippen LogP) is 4.86. The Bertz CT molecular complexity index is 984. The smallest absolute Gasteiger partial charge is 0.385 e. The zero-order chi connectivity index (χ0) is 22.4. The maximum Gasteiger partial charge on any atom is 0.392 e. The van der Waals surface area contributed by atoms with E-state index >= 15 is 0 Å². The van der Waals surface area contributed by atoms with Crippen molar-refractivity contribution in [3.63, 3.8) is 0 Å². The molecule has 8 heteroatoms. The summed E-state index contributed by atoms with van der Waals surface area (Å²) in [5, 5.41) is 9.36. The first-order valence-corrected chi connectivity index (χ1v) is 10.3. The molecule has 3 N–H and O–H groups in total. The standard InChI is InChI=1S/C23H27F3N4O/c1-15(28-11-4-12-29-22(31)27-2)18-13-17-5-3-6-20(21(17)30-14-18)16-7-9-19(10-8-16)23(24,25)26/h3,5-7,13-14,19,28H,1,4,8-12H2,2H3,(H2,27,29,31). The summed E-state index contributed by atoms with van der Waals surface area (Å²) in [6.07, 6.45) is 0.558. The Labute approximate surface area is 179 Å². The van der Waals surface area contributed by atoms with Crippen molar-refractivity contribution < 1.29 is 18.0 Å². The number of allylic oxidation sites excluding steroid dienone is 2. The zero-order valence-electron chi connectivity index (χ0n) is 17.5. The quantitative estimate of drug-likeness (QED) is 0.548. The van der Waals surface area contributed by atoms with Crippen LogP contribution in [0.4, 0.5) is 18.0 Å². The number of aromatic nitrogens is 1. The number of carbonyl (C=O) groups excluding carboxylic acids is 1. The van der Waals surface area contributed by atoms with Crippen molar-refractivity contribution >= 4 is 28.2 Å². The van der Waals surface area contributed by atoms with Crippen LogP contribution in [0, 0.1) is 5.92 Å². The van der Waals surface area contributed by atoms with Gasteiger partial charge in [-0.15, -0.1) is 0 Å². The van der Waals surface area contributed by atoms with Gasteiger partial charge in [-0.25, -0.2) is 4.79 Å². The minimum absolute atomic E-state index is 0.0167. The second kappa shape index (κ2) is 9.85. The Hall–Kier alpha value is -3.03. The number of alkyl halides is 3. The van der Waals surface area contributed by atoms with Crippen LogP contribution < -0.4 is 16.0 Å². The number of fused-ring (bicyclic) bond motifs is 1. The molecule has 1 aromatic carbocycles. The van der Waals surface area contributed by atoms with Crippen molar-refractivity contribution in [3.8, 4) is 0 Å². The third-order valence-electron chi connectivity index (χ3n) is 5.48. The first-order chi connectivity index (χ1) is 14.8. The lowest BCUT2D eigenvalue weighted by Gasteiger charge is -2.24. The lowest BCUT2D eigenvalue weighted by molar-refractivity contribution is -0.175. The van der Waals surface area contributed by atoms with Gasteiger partial charge in [-0.1, -0.05) is 30.9 Å². The minimum atomic E-state index is -4.14. The molecule has 3 rings (SSSR count). The molecule has 2 aromatic rings. The van der Waals surface area contributed by atoms with E-state index in [1.807, 2.05) is 24.3 Å². The normalized spacial score (nSPS) is 16.5. The minimum Gasteiger partial charge on any atom is -0.385 e. The van der Waals surface area contributed by atoms with Crippen LogP contribution in [0.2, 0.25) is 0 Å². The number of rotatable bonds is 7. The van der Waals surface area contributed by atoms with Gasteiger partial charge < -0.3 is 16.0 Å². The molecule has 2 amide bonds. The number of pyridine rings is 1.